The molecule has 5 nitrogen and oxygen atoms in total. The Balaban J connectivity index is 2.40. The van der Waals surface area contributed by atoms with Crippen LogP contribution in [0.2, 0.25) is 0 Å². The first kappa shape index (κ1) is 10.9. The third-order valence-electron chi connectivity index (χ3n) is 2.24. The lowest BCUT2D eigenvalue weighted by Crippen LogP contribution is -2.31. The molecule has 13 heavy (non-hydrogen) atoms. The molecule has 3 unspecified atom stereocenters. The van der Waals surface area contributed by atoms with Crippen LogP contribution in [0.15, 0.2) is 0 Å². The molecule has 0 saturated carbocycles. The van der Waals surface area contributed by atoms with Crippen LogP contribution >= 0.6 is 0 Å². The molecule has 0 bridgehead atoms. The number of rotatable bonds is 4. The summed E-state index contributed by atoms with van der Waals surface area (Å²) in [4.78, 5) is 0. The maximum Gasteiger partial charge on any atom is 0.280 e. The lowest BCUT2D eigenvalue weighted by molar-refractivity contribution is -0.327. The van der Waals surface area contributed by atoms with Gasteiger partial charge in [-0.2, -0.15) is 0 Å². The third-order valence-corrected chi connectivity index (χ3v) is 2.24. The molecule has 0 spiro atoms. The Hall–Kier alpha value is -0.200. The number of aliphatic hydroxyl groups is 2. The molecule has 0 aromatic carbocycles. The Labute approximate surface area is 77.2 Å². The van der Waals surface area contributed by atoms with Gasteiger partial charge in [-0.15, -0.1) is 0 Å². The molecule has 0 radical (unpaired) electrons. The van der Waals surface area contributed by atoms with E-state index in [-0.39, 0.29) is 25.6 Å². The van der Waals surface area contributed by atoms with Crippen molar-refractivity contribution in [3.05, 3.63) is 0 Å². The molecule has 1 heterocycles. The van der Waals surface area contributed by atoms with E-state index < -0.39 is 12.1 Å². The molecule has 1 fully saturated rings. The largest absolute Gasteiger partial charge is 0.390 e. The average molecular weight is 192 g/mol. The van der Waals surface area contributed by atoms with Gasteiger partial charge in [0.15, 0.2) is 0 Å². The standard InChI is InChI=1S/C8H16O5/c1-11-5-7(9)6-3-8(10,12-2)13-4-6/h6-7,9-10H,3-5H2,1-2H3. The van der Waals surface area contributed by atoms with Crippen LogP contribution in [0.5, 0.6) is 0 Å². The van der Waals surface area contributed by atoms with Crippen LogP contribution in [0, 0.1) is 5.92 Å². The minimum atomic E-state index is -1.53. The molecule has 1 saturated heterocycles. The minimum Gasteiger partial charge on any atom is -0.390 e. The zero-order chi connectivity index (χ0) is 9.90. The summed E-state index contributed by atoms with van der Waals surface area (Å²) in [6.07, 6.45) is -0.345. The SMILES string of the molecule is COCC(O)C1COC(O)(OC)C1. The van der Waals surface area contributed by atoms with Crippen molar-refractivity contribution in [1.29, 1.82) is 0 Å². The molecule has 1 aliphatic rings. The van der Waals surface area contributed by atoms with Gasteiger partial charge in [-0.3, -0.25) is 0 Å². The Bertz CT molecular complexity index is 163. The van der Waals surface area contributed by atoms with E-state index in [1.54, 1.807) is 0 Å². The van der Waals surface area contributed by atoms with Gasteiger partial charge in [-0.05, 0) is 0 Å². The highest BCUT2D eigenvalue weighted by atomic mass is 16.8. The van der Waals surface area contributed by atoms with Crippen molar-refractivity contribution >= 4 is 0 Å². The second-order valence-electron chi connectivity index (χ2n) is 3.21. The molecular formula is C8H16O5. The number of ether oxygens (including phenoxy) is 3. The fraction of sp³-hybridized carbons (Fsp3) is 1.00. The van der Waals surface area contributed by atoms with E-state index in [2.05, 4.69) is 0 Å². The highest BCUT2D eigenvalue weighted by Gasteiger charge is 2.41. The second kappa shape index (κ2) is 4.34. The predicted octanol–water partition coefficient (Wildman–Crippen LogP) is -0.677. The molecular weight excluding hydrogens is 176 g/mol. The maximum absolute atomic E-state index is 9.51. The fourth-order valence-electron chi connectivity index (χ4n) is 1.38. The summed E-state index contributed by atoms with van der Waals surface area (Å²) in [5.41, 5.74) is 0. The molecule has 0 aliphatic carbocycles. The summed E-state index contributed by atoms with van der Waals surface area (Å²) < 4.78 is 14.5. The van der Waals surface area contributed by atoms with E-state index >= 15 is 0 Å². The molecule has 0 aromatic rings. The topological polar surface area (TPSA) is 68.2 Å². The number of hydrogen-bond acceptors (Lipinski definition) is 5. The first-order valence-electron chi connectivity index (χ1n) is 4.20. The summed E-state index contributed by atoms with van der Waals surface area (Å²) in [6, 6.07) is 0. The summed E-state index contributed by atoms with van der Waals surface area (Å²) >= 11 is 0. The van der Waals surface area contributed by atoms with E-state index in [9.17, 15) is 10.2 Å². The summed E-state index contributed by atoms with van der Waals surface area (Å²) in [7, 11) is 2.88. The van der Waals surface area contributed by atoms with Crippen LogP contribution in [0.3, 0.4) is 0 Å². The number of aliphatic hydroxyl groups excluding tert-OH is 1. The van der Waals surface area contributed by atoms with Crippen molar-refractivity contribution in [2.24, 2.45) is 5.92 Å². The van der Waals surface area contributed by atoms with E-state index in [4.69, 9.17) is 14.2 Å². The molecule has 5 heteroatoms. The zero-order valence-electron chi connectivity index (χ0n) is 7.90. The van der Waals surface area contributed by atoms with Crippen LogP contribution < -0.4 is 0 Å². The van der Waals surface area contributed by atoms with E-state index in [1.807, 2.05) is 0 Å². The van der Waals surface area contributed by atoms with Gasteiger partial charge < -0.3 is 24.4 Å². The van der Waals surface area contributed by atoms with Gasteiger partial charge in [0.2, 0.25) is 0 Å². The second-order valence-corrected chi connectivity index (χ2v) is 3.21. The normalized spacial score (nSPS) is 36.5. The Morgan fingerprint density at radius 1 is 1.62 bits per heavy atom. The van der Waals surface area contributed by atoms with Gasteiger partial charge in [0, 0.05) is 26.6 Å². The monoisotopic (exact) mass is 192 g/mol. The van der Waals surface area contributed by atoms with Crippen molar-refractivity contribution < 1.29 is 24.4 Å². The summed E-state index contributed by atoms with van der Waals surface area (Å²) in [5, 5.41) is 19.0. The Morgan fingerprint density at radius 2 is 2.31 bits per heavy atom. The van der Waals surface area contributed by atoms with Gasteiger partial charge in [0.1, 0.15) is 0 Å². The van der Waals surface area contributed by atoms with Gasteiger partial charge in [0.25, 0.3) is 5.97 Å². The number of methoxy groups -OCH3 is 2. The van der Waals surface area contributed by atoms with Crippen LogP contribution in [-0.4, -0.2) is 49.7 Å². The van der Waals surface area contributed by atoms with Gasteiger partial charge in [-0.25, -0.2) is 0 Å². The minimum absolute atomic E-state index is 0.134. The van der Waals surface area contributed by atoms with Crippen LogP contribution in [0.1, 0.15) is 6.42 Å². The molecule has 3 atom stereocenters. The fourth-order valence-corrected chi connectivity index (χ4v) is 1.38. The van der Waals surface area contributed by atoms with Crippen LogP contribution in [0.25, 0.3) is 0 Å². The molecule has 0 aromatic heterocycles. The first-order chi connectivity index (χ1) is 6.11. The predicted molar refractivity (Wildman–Crippen MR) is 43.9 cm³/mol. The molecule has 0 amide bonds. The highest BCUT2D eigenvalue weighted by molar-refractivity contribution is 4.78. The van der Waals surface area contributed by atoms with Crippen molar-refractivity contribution in [1.82, 2.24) is 0 Å². The molecule has 1 aliphatic heterocycles. The lowest BCUT2D eigenvalue weighted by atomic mass is 10.0. The molecule has 1 rings (SSSR count). The smallest absolute Gasteiger partial charge is 0.280 e. The lowest BCUT2D eigenvalue weighted by Gasteiger charge is -2.19. The third kappa shape index (κ3) is 2.62. The van der Waals surface area contributed by atoms with E-state index in [0.717, 1.165) is 0 Å². The van der Waals surface area contributed by atoms with Gasteiger partial charge in [-0.1, -0.05) is 0 Å². The summed E-state index contributed by atoms with van der Waals surface area (Å²) in [6.45, 7) is 0.530. The number of hydrogen-bond donors (Lipinski definition) is 2. The van der Waals surface area contributed by atoms with E-state index in [0.29, 0.717) is 0 Å². The van der Waals surface area contributed by atoms with Crippen LogP contribution in [0.4, 0.5) is 0 Å². The van der Waals surface area contributed by atoms with Crippen molar-refractivity contribution in [2.45, 2.75) is 18.5 Å². The van der Waals surface area contributed by atoms with E-state index in [1.165, 1.54) is 14.2 Å². The Morgan fingerprint density at radius 3 is 2.77 bits per heavy atom. The van der Waals surface area contributed by atoms with Crippen molar-refractivity contribution in [2.75, 3.05) is 27.4 Å². The Kier molecular flexibility index (Phi) is 3.63. The van der Waals surface area contributed by atoms with Crippen LogP contribution in [-0.2, 0) is 14.2 Å². The van der Waals surface area contributed by atoms with Crippen molar-refractivity contribution in [3.8, 4) is 0 Å². The first-order valence-corrected chi connectivity index (χ1v) is 4.20. The highest BCUT2D eigenvalue weighted by Crippen LogP contribution is 2.30. The molecule has 78 valence electrons. The van der Waals surface area contributed by atoms with Gasteiger partial charge >= 0.3 is 0 Å². The quantitative estimate of drug-likeness (QED) is 0.578. The molecule has 2 N–H and O–H groups in total. The maximum atomic E-state index is 9.51. The van der Waals surface area contributed by atoms with Crippen molar-refractivity contribution in [3.63, 3.8) is 0 Å². The average Bonchev–Trinajstić information content (AvgIpc) is 2.50. The summed E-state index contributed by atoms with van der Waals surface area (Å²) in [5.74, 6) is -1.66. The zero-order valence-corrected chi connectivity index (χ0v) is 7.90. The van der Waals surface area contributed by atoms with Gasteiger partial charge in [0.05, 0.1) is 19.3 Å².